The summed E-state index contributed by atoms with van der Waals surface area (Å²) < 4.78 is 31.8. The number of carbonyl (C=O) groups excluding carboxylic acids is 1. The first kappa shape index (κ1) is 31.1. The van der Waals surface area contributed by atoms with Gasteiger partial charge in [0.1, 0.15) is 29.5 Å². The van der Waals surface area contributed by atoms with Crippen LogP contribution in [-0.2, 0) is 20.8 Å². The van der Waals surface area contributed by atoms with Crippen molar-refractivity contribution >= 4 is 40.7 Å². The Labute approximate surface area is 241 Å². The average molecular weight is 594 g/mol. The van der Waals surface area contributed by atoms with E-state index in [1.807, 2.05) is 9.95 Å². The number of aliphatic carboxylic acids is 1. The molecule has 40 heavy (non-hydrogen) atoms. The van der Waals surface area contributed by atoms with Crippen LogP contribution >= 0.6 is 22.9 Å². The van der Waals surface area contributed by atoms with Crippen molar-refractivity contribution in [2.24, 2.45) is 4.99 Å². The zero-order valence-corrected chi connectivity index (χ0v) is 24.4. The van der Waals surface area contributed by atoms with Crippen molar-refractivity contribution in [2.75, 3.05) is 33.4 Å². The number of ether oxygens (including phenoxy) is 3. The Hall–Kier alpha value is -3.41. The molecule has 1 amide bonds. The third-order valence-electron chi connectivity index (χ3n) is 5.49. The summed E-state index contributed by atoms with van der Waals surface area (Å²) in [6, 6.07) is 11.4. The molecule has 9 nitrogen and oxygen atoms in total. The Morgan fingerprint density at radius 1 is 1.15 bits per heavy atom. The molecule has 3 aromatic rings. The monoisotopic (exact) mass is 593 g/mol. The maximum Gasteiger partial charge on any atom is 0.410 e. The lowest BCUT2D eigenvalue weighted by atomic mass is 10.1. The molecule has 0 unspecified atom stereocenters. The number of nitrogens with zero attached hydrogens (tertiary/aromatic N) is 3. The zero-order chi connectivity index (χ0) is 29.3. The molecule has 0 aliphatic heterocycles. The van der Waals surface area contributed by atoms with E-state index in [0.29, 0.717) is 40.8 Å². The highest BCUT2D eigenvalue weighted by Crippen LogP contribution is 2.30. The smallest absolute Gasteiger partial charge is 0.410 e. The Kier molecular flexibility index (Phi) is 11.1. The average Bonchev–Trinajstić information content (AvgIpc) is 3.27. The van der Waals surface area contributed by atoms with Crippen LogP contribution in [0.4, 0.5) is 14.9 Å². The van der Waals surface area contributed by atoms with E-state index in [2.05, 4.69) is 0 Å². The molecule has 1 heterocycles. The van der Waals surface area contributed by atoms with E-state index in [-0.39, 0.29) is 19.0 Å². The summed E-state index contributed by atoms with van der Waals surface area (Å²) in [7, 11) is 1.54. The third-order valence-corrected chi connectivity index (χ3v) is 6.59. The zero-order valence-electron chi connectivity index (χ0n) is 22.9. The normalized spacial score (nSPS) is 11.9. The van der Waals surface area contributed by atoms with Crippen molar-refractivity contribution in [2.45, 2.75) is 39.3 Å². The number of thiazole rings is 1. The van der Waals surface area contributed by atoms with Gasteiger partial charge in [-0.05, 0) is 69.2 Å². The number of benzene rings is 2. The number of halogens is 2. The number of carbonyl (C=O) groups is 2. The van der Waals surface area contributed by atoms with Gasteiger partial charge < -0.3 is 28.8 Å². The lowest BCUT2D eigenvalue weighted by molar-refractivity contribution is -0.142. The van der Waals surface area contributed by atoms with Crippen molar-refractivity contribution in [3.63, 3.8) is 0 Å². The summed E-state index contributed by atoms with van der Waals surface area (Å²) in [5.41, 5.74) is 1.55. The fraction of sp³-hybridized carbons (Fsp3) is 0.393. The minimum atomic E-state index is -1.08. The van der Waals surface area contributed by atoms with Gasteiger partial charge in [-0.15, -0.1) is 11.3 Å². The number of hydrogen-bond donors (Lipinski definition) is 1. The summed E-state index contributed by atoms with van der Waals surface area (Å²) in [6.07, 6.45) is 0.00456. The first-order valence-electron chi connectivity index (χ1n) is 12.6. The largest absolute Gasteiger partial charge is 0.494 e. The standard InChI is InChI=1S/C28H33ClFN3O6S/c1-28(2,3)39-27(36)32(14-15-38-17-25(34)35)12-5-13-33-23(19-6-9-21(30)10-7-19)18-40-26(33)31-22-11-8-20(29)16-24(22)37-4/h6-11,16,18H,5,12-15,17H2,1-4H3,(H,34,35). The number of methoxy groups -OCH3 is 1. The van der Waals surface area contributed by atoms with Gasteiger partial charge in [-0.3, -0.25) is 0 Å². The van der Waals surface area contributed by atoms with Crippen LogP contribution in [0.1, 0.15) is 27.2 Å². The fourth-order valence-corrected chi connectivity index (χ4v) is 4.82. The van der Waals surface area contributed by atoms with Crippen LogP contribution in [0.25, 0.3) is 11.3 Å². The van der Waals surface area contributed by atoms with Crippen LogP contribution in [0.5, 0.6) is 5.75 Å². The topological polar surface area (TPSA) is 103 Å². The summed E-state index contributed by atoms with van der Waals surface area (Å²) >= 11 is 7.54. The second-order valence-electron chi connectivity index (χ2n) is 9.76. The molecule has 1 aromatic heterocycles. The van der Waals surface area contributed by atoms with E-state index in [4.69, 9.17) is 35.9 Å². The lowest BCUT2D eigenvalue weighted by Gasteiger charge is -2.27. The summed E-state index contributed by atoms with van der Waals surface area (Å²) in [5, 5.41) is 11.3. The SMILES string of the molecule is COc1cc(Cl)ccc1N=c1scc(-c2ccc(F)cc2)n1CCCN(CCOCC(=O)O)C(=O)OC(C)(C)C. The van der Waals surface area contributed by atoms with Crippen molar-refractivity contribution in [1.82, 2.24) is 9.47 Å². The van der Waals surface area contributed by atoms with Gasteiger partial charge in [0.2, 0.25) is 0 Å². The third kappa shape index (κ3) is 9.35. The first-order valence-corrected chi connectivity index (χ1v) is 13.8. The van der Waals surface area contributed by atoms with Gasteiger partial charge in [0.25, 0.3) is 0 Å². The molecule has 216 valence electrons. The van der Waals surface area contributed by atoms with Gasteiger partial charge in [-0.25, -0.2) is 19.0 Å². The molecule has 0 spiro atoms. The molecule has 0 atom stereocenters. The Morgan fingerprint density at radius 2 is 1.88 bits per heavy atom. The number of carboxylic acids is 1. The second kappa shape index (κ2) is 14.3. The highest BCUT2D eigenvalue weighted by Gasteiger charge is 2.22. The van der Waals surface area contributed by atoms with Crippen molar-refractivity contribution in [1.29, 1.82) is 0 Å². The second-order valence-corrected chi connectivity index (χ2v) is 11.0. The van der Waals surface area contributed by atoms with E-state index in [1.54, 1.807) is 58.2 Å². The van der Waals surface area contributed by atoms with E-state index in [1.165, 1.54) is 28.4 Å². The maximum atomic E-state index is 13.6. The Bertz CT molecular complexity index is 1370. The van der Waals surface area contributed by atoms with E-state index in [9.17, 15) is 14.0 Å². The van der Waals surface area contributed by atoms with Crippen molar-refractivity contribution in [3.05, 3.63) is 63.5 Å². The van der Waals surface area contributed by atoms with Crippen LogP contribution in [0.2, 0.25) is 5.02 Å². The molecular formula is C28H33ClFN3O6S. The van der Waals surface area contributed by atoms with Crippen LogP contribution in [0, 0.1) is 5.82 Å². The molecule has 0 saturated heterocycles. The molecular weight excluding hydrogens is 561 g/mol. The van der Waals surface area contributed by atoms with E-state index in [0.717, 1.165) is 11.3 Å². The number of aromatic nitrogens is 1. The van der Waals surface area contributed by atoms with Crippen LogP contribution in [0.15, 0.2) is 52.8 Å². The predicted octanol–water partition coefficient (Wildman–Crippen LogP) is 5.98. The Balaban J connectivity index is 1.88. The van der Waals surface area contributed by atoms with Crippen LogP contribution in [0.3, 0.4) is 0 Å². The number of carboxylic acid groups (broad SMARTS) is 1. The molecule has 0 radical (unpaired) electrons. The van der Waals surface area contributed by atoms with Gasteiger partial charge in [-0.1, -0.05) is 11.6 Å². The van der Waals surface area contributed by atoms with Gasteiger partial charge in [0.15, 0.2) is 4.80 Å². The maximum absolute atomic E-state index is 13.6. The van der Waals surface area contributed by atoms with E-state index >= 15 is 0 Å². The number of amides is 1. The predicted molar refractivity (Wildman–Crippen MR) is 152 cm³/mol. The molecule has 2 aromatic carbocycles. The minimum Gasteiger partial charge on any atom is -0.494 e. The van der Waals surface area contributed by atoms with Crippen LogP contribution < -0.4 is 9.54 Å². The van der Waals surface area contributed by atoms with E-state index < -0.39 is 24.3 Å². The molecule has 0 aliphatic rings. The lowest BCUT2D eigenvalue weighted by Crippen LogP contribution is -2.40. The van der Waals surface area contributed by atoms with Gasteiger partial charge >= 0.3 is 12.1 Å². The minimum absolute atomic E-state index is 0.0505. The molecule has 0 bridgehead atoms. The van der Waals surface area contributed by atoms with Crippen LogP contribution in [-0.4, -0.2) is 65.7 Å². The van der Waals surface area contributed by atoms with Gasteiger partial charge in [0.05, 0.1) is 19.4 Å². The fourth-order valence-electron chi connectivity index (χ4n) is 3.71. The molecule has 1 N–H and O–H groups in total. The quantitative estimate of drug-likeness (QED) is 0.259. The summed E-state index contributed by atoms with van der Waals surface area (Å²) in [6.45, 7) is 5.89. The number of rotatable bonds is 12. The van der Waals surface area contributed by atoms with Crippen molar-refractivity contribution < 1.29 is 33.3 Å². The molecule has 0 aliphatic carbocycles. The number of hydrogen-bond acceptors (Lipinski definition) is 7. The highest BCUT2D eigenvalue weighted by atomic mass is 35.5. The molecule has 3 rings (SSSR count). The highest BCUT2D eigenvalue weighted by molar-refractivity contribution is 7.07. The van der Waals surface area contributed by atoms with Gasteiger partial charge in [-0.2, -0.15) is 0 Å². The molecule has 0 saturated carbocycles. The van der Waals surface area contributed by atoms with Gasteiger partial charge in [0, 0.05) is 36.1 Å². The summed E-state index contributed by atoms with van der Waals surface area (Å²) in [4.78, 5) is 30.6. The Morgan fingerprint density at radius 3 is 2.52 bits per heavy atom. The molecule has 0 fully saturated rings. The molecule has 12 heteroatoms. The summed E-state index contributed by atoms with van der Waals surface area (Å²) in [5.74, 6) is -0.896. The van der Waals surface area contributed by atoms with Crippen molar-refractivity contribution in [3.8, 4) is 17.0 Å². The first-order chi connectivity index (χ1) is 19.0.